The highest BCUT2D eigenvalue weighted by Gasteiger charge is 2.36. The molecule has 0 aromatic heterocycles. The number of imide groups is 1. The van der Waals surface area contributed by atoms with E-state index in [1.54, 1.807) is 24.3 Å². The molecule has 3 amide bonds. The van der Waals surface area contributed by atoms with Gasteiger partial charge in [0, 0.05) is 5.69 Å². The summed E-state index contributed by atoms with van der Waals surface area (Å²) in [7, 11) is 1.54. The lowest BCUT2D eigenvalue weighted by Crippen LogP contribution is -2.29. The van der Waals surface area contributed by atoms with Gasteiger partial charge in [-0.05, 0) is 48.0 Å². The number of hydrogen-bond acceptors (Lipinski definition) is 6. The van der Waals surface area contributed by atoms with Crippen LogP contribution in [-0.4, -0.2) is 42.3 Å². The highest BCUT2D eigenvalue weighted by molar-refractivity contribution is 6.21. The van der Waals surface area contributed by atoms with Gasteiger partial charge in [0.05, 0.1) is 30.3 Å². The van der Waals surface area contributed by atoms with Gasteiger partial charge in [0.2, 0.25) is 0 Å². The number of carbonyl (C=O) groups excluding carboxylic acids is 4. The minimum absolute atomic E-state index is 0.0775. The van der Waals surface area contributed by atoms with Crippen LogP contribution >= 0.6 is 0 Å². The zero-order valence-electron chi connectivity index (χ0n) is 17.7. The maximum atomic E-state index is 12.8. The Bertz CT molecular complexity index is 1220. The van der Waals surface area contributed by atoms with Crippen molar-refractivity contribution in [1.82, 2.24) is 4.90 Å². The van der Waals surface area contributed by atoms with Crippen molar-refractivity contribution in [3.63, 3.8) is 0 Å². The van der Waals surface area contributed by atoms with Gasteiger partial charge in [-0.15, -0.1) is 0 Å². The summed E-state index contributed by atoms with van der Waals surface area (Å²) in [5, 5.41) is 2.61. The third-order valence-corrected chi connectivity index (χ3v) is 5.10. The number of nitrogens with one attached hydrogen (secondary N) is 1. The lowest BCUT2D eigenvalue weighted by Gasteiger charge is -2.13. The largest absolute Gasteiger partial charge is 0.497 e. The van der Waals surface area contributed by atoms with Crippen molar-refractivity contribution in [3.05, 3.63) is 95.1 Å². The van der Waals surface area contributed by atoms with E-state index in [4.69, 9.17) is 9.47 Å². The molecule has 0 bridgehead atoms. The number of carbonyl (C=O) groups is 4. The number of anilines is 1. The van der Waals surface area contributed by atoms with Crippen molar-refractivity contribution in [2.45, 2.75) is 6.54 Å². The summed E-state index contributed by atoms with van der Waals surface area (Å²) >= 11 is 0. The summed E-state index contributed by atoms with van der Waals surface area (Å²) in [5.41, 5.74) is 1.78. The summed E-state index contributed by atoms with van der Waals surface area (Å²) < 4.78 is 10.1. The molecule has 1 N–H and O–H groups in total. The molecule has 1 heterocycles. The molecule has 3 aromatic rings. The van der Waals surface area contributed by atoms with Crippen LogP contribution in [0, 0.1) is 0 Å². The second-order valence-corrected chi connectivity index (χ2v) is 7.30. The van der Waals surface area contributed by atoms with Crippen LogP contribution in [0.4, 0.5) is 5.69 Å². The normalized spacial score (nSPS) is 12.3. The van der Waals surface area contributed by atoms with E-state index in [-0.39, 0.29) is 23.2 Å². The summed E-state index contributed by atoms with van der Waals surface area (Å²) in [5.74, 6) is -1.55. The Morgan fingerprint density at radius 2 is 1.58 bits per heavy atom. The fraction of sp³-hybridized carbons (Fsp3) is 0.120. The van der Waals surface area contributed by atoms with E-state index < -0.39 is 30.3 Å². The Labute approximate surface area is 189 Å². The topological polar surface area (TPSA) is 102 Å². The van der Waals surface area contributed by atoms with E-state index in [1.165, 1.54) is 25.3 Å². The van der Waals surface area contributed by atoms with Crippen molar-refractivity contribution in [1.29, 1.82) is 0 Å². The van der Waals surface area contributed by atoms with Gasteiger partial charge in [0.25, 0.3) is 17.7 Å². The molecule has 0 aliphatic carbocycles. The molecule has 1 aliphatic heterocycles. The number of esters is 1. The Morgan fingerprint density at radius 1 is 0.879 bits per heavy atom. The van der Waals surface area contributed by atoms with E-state index >= 15 is 0 Å². The lowest BCUT2D eigenvalue weighted by atomic mass is 10.1. The fourth-order valence-corrected chi connectivity index (χ4v) is 3.41. The fourth-order valence-electron chi connectivity index (χ4n) is 3.41. The maximum absolute atomic E-state index is 12.8. The third-order valence-electron chi connectivity index (χ3n) is 5.10. The molecular formula is C25H20N2O6. The van der Waals surface area contributed by atoms with E-state index in [9.17, 15) is 19.2 Å². The molecule has 0 radical (unpaired) electrons. The second kappa shape index (κ2) is 9.35. The molecule has 0 spiro atoms. The van der Waals surface area contributed by atoms with Gasteiger partial charge in [-0.3, -0.25) is 19.3 Å². The van der Waals surface area contributed by atoms with Crippen LogP contribution in [0.3, 0.4) is 0 Å². The van der Waals surface area contributed by atoms with Crippen LogP contribution in [-0.2, 0) is 16.1 Å². The summed E-state index contributed by atoms with van der Waals surface area (Å²) in [6.07, 6.45) is 0. The molecule has 4 rings (SSSR count). The number of rotatable bonds is 7. The average molecular weight is 444 g/mol. The number of benzene rings is 3. The first-order valence-corrected chi connectivity index (χ1v) is 10.1. The van der Waals surface area contributed by atoms with E-state index in [2.05, 4.69) is 5.32 Å². The first-order chi connectivity index (χ1) is 16.0. The van der Waals surface area contributed by atoms with Gasteiger partial charge in [-0.1, -0.05) is 30.3 Å². The van der Waals surface area contributed by atoms with E-state index in [1.807, 2.05) is 30.3 Å². The van der Waals surface area contributed by atoms with Gasteiger partial charge < -0.3 is 14.8 Å². The van der Waals surface area contributed by atoms with Gasteiger partial charge >= 0.3 is 5.97 Å². The lowest BCUT2D eigenvalue weighted by molar-refractivity contribution is -0.119. The SMILES string of the molecule is COc1ccc(NC(=O)COC(=O)c2ccc3c(c2)C(=O)N(Cc2ccccc2)C3=O)cc1. The van der Waals surface area contributed by atoms with Crippen LogP contribution in [0.1, 0.15) is 36.6 Å². The number of nitrogens with zero attached hydrogens (tertiary/aromatic N) is 1. The maximum Gasteiger partial charge on any atom is 0.338 e. The molecule has 33 heavy (non-hydrogen) atoms. The van der Waals surface area contributed by atoms with Gasteiger partial charge in [0.1, 0.15) is 5.75 Å². The molecule has 166 valence electrons. The molecule has 0 saturated carbocycles. The Hall–Kier alpha value is -4.46. The minimum Gasteiger partial charge on any atom is -0.497 e. The standard InChI is InChI=1S/C25H20N2O6/c1-32-19-10-8-18(9-11-19)26-22(28)15-33-25(31)17-7-12-20-21(13-17)24(30)27(23(20)29)14-16-5-3-2-4-6-16/h2-13H,14-15H2,1H3,(H,26,28). The molecule has 0 unspecified atom stereocenters. The molecule has 0 atom stereocenters. The first kappa shape index (κ1) is 21.8. The van der Waals surface area contributed by atoms with Crippen LogP contribution in [0.5, 0.6) is 5.75 Å². The van der Waals surface area contributed by atoms with Gasteiger partial charge in [-0.2, -0.15) is 0 Å². The molecule has 0 fully saturated rings. The van der Waals surface area contributed by atoms with Crippen LogP contribution < -0.4 is 10.1 Å². The summed E-state index contributed by atoms with van der Waals surface area (Å²) in [4.78, 5) is 51.1. The van der Waals surface area contributed by atoms with E-state index in [0.717, 1.165) is 10.5 Å². The van der Waals surface area contributed by atoms with Crippen LogP contribution in [0.2, 0.25) is 0 Å². The Kier molecular flexibility index (Phi) is 6.17. The Morgan fingerprint density at radius 3 is 2.27 bits per heavy atom. The monoisotopic (exact) mass is 444 g/mol. The zero-order valence-corrected chi connectivity index (χ0v) is 17.7. The number of methoxy groups -OCH3 is 1. The number of ether oxygens (including phenoxy) is 2. The second-order valence-electron chi connectivity index (χ2n) is 7.30. The minimum atomic E-state index is -0.774. The predicted molar refractivity (Wildman–Crippen MR) is 119 cm³/mol. The number of hydrogen-bond donors (Lipinski definition) is 1. The van der Waals surface area contributed by atoms with Crippen molar-refractivity contribution in [2.24, 2.45) is 0 Å². The highest BCUT2D eigenvalue weighted by atomic mass is 16.5. The molecule has 8 nitrogen and oxygen atoms in total. The van der Waals surface area contributed by atoms with Crippen LogP contribution in [0.15, 0.2) is 72.8 Å². The van der Waals surface area contributed by atoms with Crippen molar-refractivity contribution in [2.75, 3.05) is 19.0 Å². The number of fused-ring (bicyclic) bond motifs is 1. The highest BCUT2D eigenvalue weighted by Crippen LogP contribution is 2.26. The summed E-state index contributed by atoms with van der Waals surface area (Å²) in [6.45, 7) is -0.368. The van der Waals surface area contributed by atoms with E-state index in [0.29, 0.717) is 11.4 Å². The molecule has 8 heteroatoms. The molecule has 1 aliphatic rings. The van der Waals surface area contributed by atoms with Gasteiger partial charge in [-0.25, -0.2) is 4.79 Å². The van der Waals surface area contributed by atoms with Crippen molar-refractivity contribution >= 4 is 29.4 Å². The zero-order chi connectivity index (χ0) is 23.4. The molecule has 3 aromatic carbocycles. The number of amides is 3. The van der Waals surface area contributed by atoms with Crippen molar-refractivity contribution in [3.8, 4) is 5.75 Å². The van der Waals surface area contributed by atoms with Crippen molar-refractivity contribution < 1.29 is 28.7 Å². The average Bonchev–Trinajstić information content (AvgIpc) is 3.08. The first-order valence-electron chi connectivity index (χ1n) is 10.1. The summed E-state index contributed by atoms with van der Waals surface area (Å²) in [6, 6.07) is 20.0. The van der Waals surface area contributed by atoms with Crippen LogP contribution in [0.25, 0.3) is 0 Å². The molecular weight excluding hydrogens is 424 g/mol. The third kappa shape index (κ3) is 4.74. The quantitative estimate of drug-likeness (QED) is 0.443. The Balaban J connectivity index is 1.38. The van der Waals surface area contributed by atoms with Gasteiger partial charge in [0.15, 0.2) is 6.61 Å². The molecule has 0 saturated heterocycles. The smallest absolute Gasteiger partial charge is 0.338 e. The predicted octanol–water partition coefficient (Wildman–Crippen LogP) is 3.29.